The number of hydrogen-bond acceptors (Lipinski definition) is 5. The summed E-state index contributed by atoms with van der Waals surface area (Å²) in [7, 11) is 0. The molecule has 3 rings (SSSR count). The number of aromatic nitrogens is 2. The monoisotopic (exact) mass is 399 g/mol. The molecule has 0 radical (unpaired) electrons. The van der Waals surface area contributed by atoms with E-state index in [4.69, 9.17) is 4.42 Å². The normalized spacial score (nSPS) is 17.9. The fourth-order valence-electron chi connectivity index (χ4n) is 3.15. The van der Waals surface area contributed by atoms with Crippen LogP contribution in [0.5, 0.6) is 0 Å². The zero-order valence-corrected chi connectivity index (χ0v) is 15.6. The van der Waals surface area contributed by atoms with E-state index in [-0.39, 0.29) is 34.3 Å². The van der Waals surface area contributed by atoms with Crippen LogP contribution in [-0.2, 0) is 11.0 Å². The highest BCUT2D eigenvalue weighted by Gasteiger charge is 2.34. The van der Waals surface area contributed by atoms with Gasteiger partial charge in [0, 0.05) is 12.6 Å². The van der Waals surface area contributed by atoms with Crippen molar-refractivity contribution in [2.45, 2.75) is 50.0 Å². The predicted octanol–water partition coefficient (Wildman–Crippen LogP) is 4.64. The summed E-state index contributed by atoms with van der Waals surface area (Å²) in [6.07, 6.45) is 0.648. The lowest BCUT2D eigenvalue weighted by Crippen LogP contribution is -2.44. The van der Waals surface area contributed by atoms with Crippen molar-refractivity contribution < 1.29 is 22.4 Å². The largest absolute Gasteiger partial charge is 0.463 e. The number of hydrogen-bond donors (Lipinski definition) is 0. The van der Waals surface area contributed by atoms with Crippen LogP contribution < -0.4 is 0 Å². The van der Waals surface area contributed by atoms with Gasteiger partial charge >= 0.3 is 6.18 Å². The molecule has 1 aliphatic heterocycles. The number of alkyl halides is 3. The van der Waals surface area contributed by atoms with E-state index in [9.17, 15) is 18.0 Å². The number of amides is 1. The number of nitrogens with zero attached hydrogens (tertiary/aromatic N) is 3. The van der Waals surface area contributed by atoms with Gasteiger partial charge in [-0.1, -0.05) is 18.7 Å². The molecule has 2 aromatic rings. The molecule has 3 heterocycles. The van der Waals surface area contributed by atoms with Gasteiger partial charge in [0.1, 0.15) is 11.4 Å². The third-order valence-corrected chi connectivity index (χ3v) is 5.35. The summed E-state index contributed by atoms with van der Waals surface area (Å²) in [5, 5.41) is -0.0883. The lowest BCUT2D eigenvalue weighted by Gasteiger charge is -2.35. The van der Waals surface area contributed by atoms with Crippen LogP contribution in [0.1, 0.15) is 38.3 Å². The molecule has 1 saturated heterocycles. The maximum absolute atomic E-state index is 13.2. The van der Waals surface area contributed by atoms with E-state index in [1.165, 1.54) is 12.3 Å². The van der Waals surface area contributed by atoms with E-state index in [0.717, 1.165) is 43.5 Å². The van der Waals surface area contributed by atoms with Crippen LogP contribution in [-0.4, -0.2) is 39.1 Å². The second kappa shape index (κ2) is 8.33. The second-order valence-corrected chi connectivity index (χ2v) is 7.27. The first kappa shape index (κ1) is 19.7. The molecule has 27 heavy (non-hydrogen) atoms. The lowest BCUT2D eigenvalue weighted by atomic mass is 10.0. The highest BCUT2D eigenvalue weighted by molar-refractivity contribution is 7.99. The first-order chi connectivity index (χ1) is 12.9. The molecule has 0 aromatic carbocycles. The van der Waals surface area contributed by atoms with Gasteiger partial charge in [0.2, 0.25) is 5.91 Å². The Morgan fingerprint density at radius 1 is 1.37 bits per heavy atom. The Kier molecular flexibility index (Phi) is 6.08. The Bertz CT molecular complexity index is 781. The van der Waals surface area contributed by atoms with Crippen molar-refractivity contribution in [1.29, 1.82) is 0 Å². The molecule has 0 unspecified atom stereocenters. The van der Waals surface area contributed by atoms with Crippen molar-refractivity contribution in [1.82, 2.24) is 14.9 Å². The van der Waals surface area contributed by atoms with Gasteiger partial charge < -0.3 is 9.32 Å². The highest BCUT2D eigenvalue weighted by atomic mass is 32.2. The molecule has 0 N–H and O–H groups in total. The minimum atomic E-state index is -4.61. The third-order valence-electron chi connectivity index (χ3n) is 4.51. The number of halogens is 3. The molecule has 0 saturated carbocycles. The number of piperidine rings is 1. The van der Waals surface area contributed by atoms with Crippen molar-refractivity contribution >= 4 is 17.7 Å². The van der Waals surface area contributed by atoms with E-state index in [1.807, 2.05) is 11.8 Å². The van der Waals surface area contributed by atoms with Crippen molar-refractivity contribution in [2.75, 3.05) is 12.3 Å². The van der Waals surface area contributed by atoms with E-state index >= 15 is 0 Å². The summed E-state index contributed by atoms with van der Waals surface area (Å²) in [6.45, 7) is 2.73. The molecule has 0 aliphatic carbocycles. The predicted molar refractivity (Wildman–Crippen MR) is 95.1 cm³/mol. The topological polar surface area (TPSA) is 59.2 Å². The zero-order chi connectivity index (χ0) is 19.4. The van der Waals surface area contributed by atoms with E-state index in [0.29, 0.717) is 6.54 Å². The quantitative estimate of drug-likeness (QED) is 0.542. The Balaban J connectivity index is 1.77. The van der Waals surface area contributed by atoms with Gasteiger partial charge in [-0.2, -0.15) is 13.2 Å². The van der Waals surface area contributed by atoms with Crippen molar-refractivity contribution in [3.05, 3.63) is 30.2 Å². The first-order valence-electron chi connectivity index (χ1n) is 8.81. The third kappa shape index (κ3) is 4.82. The zero-order valence-electron chi connectivity index (χ0n) is 14.8. The lowest BCUT2D eigenvalue weighted by molar-refractivity contribution is -0.141. The number of thioether (sulfide) groups is 1. The molecule has 0 bridgehead atoms. The maximum atomic E-state index is 13.2. The van der Waals surface area contributed by atoms with Gasteiger partial charge in [-0.05, 0) is 43.9 Å². The number of carbonyl (C=O) groups is 1. The molecular formula is C18H20F3N3O2S. The average Bonchev–Trinajstić information content (AvgIpc) is 3.20. The van der Waals surface area contributed by atoms with E-state index in [1.54, 1.807) is 6.07 Å². The highest BCUT2D eigenvalue weighted by Crippen LogP contribution is 2.32. The molecule has 9 heteroatoms. The van der Waals surface area contributed by atoms with E-state index < -0.39 is 11.9 Å². The smallest absolute Gasteiger partial charge is 0.433 e. The Labute approximate surface area is 159 Å². The van der Waals surface area contributed by atoms with Gasteiger partial charge in [-0.3, -0.25) is 4.79 Å². The summed E-state index contributed by atoms with van der Waals surface area (Å²) < 4.78 is 44.7. The number of rotatable bonds is 5. The molecule has 2 aromatic heterocycles. The minimum Gasteiger partial charge on any atom is -0.463 e. The van der Waals surface area contributed by atoms with Crippen molar-refractivity contribution in [2.24, 2.45) is 0 Å². The van der Waals surface area contributed by atoms with Crippen LogP contribution >= 0.6 is 11.8 Å². The van der Waals surface area contributed by atoms with Crippen molar-refractivity contribution in [3.8, 4) is 11.5 Å². The molecule has 1 atom stereocenters. The summed E-state index contributed by atoms with van der Waals surface area (Å²) in [5.74, 6) is 0.139. The van der Waals surface area contributed by atoms with E-state index in [2.05, 4.69) is 9.97 Å². The van der Waals surface area contributed by atoms with Crippen molar-refractivity contribution in [3.63, 3.8) is 0 Å². The summed E-state index contributed by atoms with van der Waals surface area (Å²) >= 11 is 0.921. The second-order valence-electron chi connectivity index (χ2n) is 6.33. The maximum Gasteiger partial charge on any atom is 0.433 e. The fourth-order valence-corrected chi connectivity index (χ4v) is 3.89. The minimum absolute atomic E-state index is 0.00933. The summed E-state index contributed by atoms with van der Waals surface area (Å²) in [4.78, 5) is 22.1. The summed E-state index contributed by atoms with van der Waals surface area (Å²) in [6, 6.07) is 4.15. The molecular weight excluding hydrogens is 379 g/mol. The molecule has 5 nitrogen and oxygen atoms in total. The van der Waals surface area contributed by atoms with Gasteiger partial charge in [-0.15, -0.1) is 0 Å². The number of likely N-dealkylation sites (tertiary alicyclic amines) is 1. The van der Waals surface area contributed by atoms with Gasteiger partial charge in [-0.25, -0.2) is 9.97 Å². The standard InChI is InChI=1S/C18H20F3N3O2S/c1-2-12-6-3-4-8-24(12)16(25)11-27-17-22-13(14-7-5-9-26-14)10-15(23-17)18(19,20)21/h5,7,9-10,12H,2-4,6,8,11H2,1H3/t12-/m0/s1. The number of furan rings is 1. The van der Waals surface area contributed by atoms with Crippen LogP contribution in [0.4, 0.5) is 13.2 Å². The van der Waals surface area contributed by atoms with Crippen LogP contribution in [0, 0.1) is 0 Å². The molecule has 0 spiro atoms. The number of carbonyl (C=O) groups excluding carboxylic acids is 1. The van der Waals surface area contributed by atoms with Crippen LogP contribution in [0.2, 0.25) is 0 Å². The summed E-state index contributed by atoms with van der Waals surface area (Å²) in [5.41, 5.74) is -1.01. The molecule has 1 amide bonds. The van der Waals surface area contributed by atoms with Crippen LogP contribution in [0.15, 0.2) is 34.0 Å². The molecule has 1 aliphatic rings. The SMILES string of the molecule is CC[C@H]1CCCCN1C(=O)CSc1nc(-c2ccco2)cc(C(F)(F)F)n1. The van der Waals surface area contributed by atoms with Gasteiger partial charge in [0.05, 0.1) is 12.0 Å². The Morgan fingerprint density at radius 2 is 2.19 bits per heavy atom. The Hall–Kier alpha value is -2.03. The van der Waals surface area contributed by atoms with Crippen LogP contribution in [0.3, 0.4) is 0 Å². The fraction of sp³-hybridized carbons (Fsp3) is 0.500. The average molecular weight is 399 g/mol. The van der Waals surface area contributed by atoms with Gasteiger partial charge in [0.25, 0.3) is 0 Å². The van der Waals surface area contributed by atoms with Crippen LogP contribution in [0.25, 0.3) is 11.5 Å². The molecule has 146 valence electrons. The van der Waals surface area contributed by atoms with Gasteiger partial charge in [0.15, 0.2) is 10.9 Å². The first-order valence-corrected chi connectivity index (χ1v) is 9.79. The molecule has 1 fully saturated rings. The Morgan fingerprint density at radius 3 is 2.85 bits per heavy atom.